The molecule has 3 heteroatoms. The fourth-order valence-corrected chi connectivity index (χ4v) is 2.87. The average molecular weight is 348 g/mol. The van der Waals surface area contributed by atoms with Crippen LogP contribution in [0, 0.1) is 5.92 Å². The van der Waals surface area contributed by atoms with Crippen molar-refractivity contribution in [2.75, 3.05) is 6.54 Å². The molecule has 0 amide bonds. The van der Waals surface area contributed by atoms with Gasteiger partial charge in [0.05, 0.1) is 18.6 Å². The van der Waals surface area contributed by atoms with Crippen LogP contribution in [-0.2, 0) is 0 Å². The molecule has 2 rings (SSSR count). The first-order valence-corrected chi connectivity index (χ1v) is 7.06. The Morgan fingerprint density at radius 2 is 1.41 bits per heavy atom. The molecule has 0 aromatic heterocycles. The monoisotopic (exact) mass is 348 g/mol. The molecule has 0 bridgehead atoms. The Kier molecular flexibility index (Phi) is 8.12. The van der Waals surface area contributed by atoms with E-state index in [1.165, 1.54) is 64.2 Å². The van der Waals surface area contributed by atoms with Crippen LogP contribution < -0.4 is 0 Å². The minimum absolute atomic E-state index is 0. The lowest BCUT2D eigenvalue weighted by Gasteiger charge is -2.18. The third-order valence-corrected chi connectivity index (χ3v) is 3.96. The van der Waals surface area contributed by atoms with Crippen LogP contribution in [0.5, 0.6) is 0 Å². The molecule has 0 aromatic carbocycles. The van der Waals surface area contributed by atoms with Gasteiger partial charge < -0.3 is 0 Å². The molecule has 0 aromatic rings. The van der Waals surface area contributed by atoms with E-state index in [4.69, 9.17) is 0 Å². The Labute approximate surface area is 122 Å². The van der Waals surface area contributed by atoms with E-state index < -0.39 is 0 Å². The van der Waals surface area contributed by atoms with Crippen molar-refractivity contribution in [3.05, 3.63) is 0 Å². The predicted molar refractivity (Wildman–Crippen MR) is 83.6 cm³/mol. The quantitative estimate of drug-likeness (QED) is 0.522. The first-order valence-electron chi connectivity index (χ1n) is 7.06. The van der Waals surface area contributed by atoms with E-state index >= 15 is 0 Å². The molecule has 0 atom stereocenters. The van der Waals surface area contributed by atoms with Gasteiger partial charge in [0.25, 0.3) is 0 Å². The SMILES string of the molecule is C(=NCC1CCCCC1)=NC1CCCCC1.I. The maximum absolute atomic E-state index is 4.45. The van der Waals surface area contributed by atoms with Crippen LogP contribution in [0.1, 0.15) is 64.2 Å². The van der Waals surface area contributed by atoms with Crippen LogP contribution >= 0.6 is 24.0 Å². The van der Waals surface area contributed by atoms with E-state index in [9.17, 15) is 0 Å². The Hall–Kier alpha value is 0.110. The summed E-state index contributed by atoms with van der Waals surface area (Å²) in [6.45, 7) is 0.968. The second kappa shape index (κ2) is 9.09. The molecule has 17 heavy (non-hydrogen) atoms. The number of rotatable bonds is 3. The highest BCUT2D eigenvalue weighted by atomic mass is 127. The van der Waals surface area contributed by atoms with Gasteiger partial charge in [-0.3, -0.25) is 0 Å². The summed E-state index contributed by atoms with van der Waals surface area (Å²) in [6.07, 6.45) is 13.6. The van der Waals surface area contributed by atoms with Gasteiger partial charge in [-0.05, 0) is 31.6 Å². The number of hydrogen-bond donors (Lipinski definition) is 0. The highest BCUT2D eigenvalue weighted by Crippen LogP contribution is 2.23. The molecule has 0 saturated heterocycles. The minimum Gasteiger partial charge on any atom is -0.225 e. The Bertz CT molecular complexity index is 247. The molecular weight excluding hydrogens is 323 g/mol. The summed E-state index contributed by atoms with van der Waals surface area (Å²) in [4.78, 5) is 8.82. The predicted octanol–water partition coefficient (Wildman–Crippen LogP) is 4.69. The second-order valence-electron chi connectivity index (χ2n) is 5.37. The van der Waals surface area contributed by atoms with Crippen molar-refractivity contribution >= 4 is 30.0 Å². The van der Waals surface area contributed by atoms with Crippen molar-refractivity contribution in [3.63, 3.8) is 0 Å². The number of nitrogens with zero attached hydrogens (tertiary/aromatic N) is 2. The summed E-state index contributed by atoms with van der Waals surface area (Å²) in [7, 11) is 0. The lowest BCUT2D eigenvalue weighted by Crippen LogP contribution is -2.10. The third kappa shape index (κ3) is 6.01. The highest BCUT2D eigenvalue weighted by Gasteiger charge is 2.12. The van der Waals surface area contributed by atoms with Crippen molar-refractivity contribution < 1.29 is 0 Å². The zero-order chi connectivity index (χ0) is 11.1. The molecule has 0 N–H and O–H groups in total. The largest absolute Gasteiger partial charge is 0.225 e. The summed E-state index contributed by atoms with van der Waals surface area (Å²) in [6, 6.07) is 3.48. The maximum Gasteiger partial charge on any atom is 0.0895 e. The van der Waals surface area contributed by atoms with Crippen LogP contribution in [0.3, 0.4) is 0 Å². The molecule has 0 heterocycles. The van der Waals surface area contributed by atoms with Gasteiger partial charge in [0.1, 0.15) is 0 Å². The first kappa shape index (κ1) is 15.2. The molecule has 0 spiro atoms. The van der Waals surface area contributed by atoms with E-state index in [0.717, 1.165) is 12.5 Å². The van der Waals surface area contributed by atoms with Crippen molar-refractivity contribution in [2.24, 2.45) is 15.9 Å². The van der Waals surface area contributed by atoms with E-state index in [0.29, 0.717) is 6.04 Å². The Balaban J connectivity index is 0.00000144. The van der Waals surface area contributed by atoms with E-state index in [1.54, 1.807) is 0 Å². The minimum atomic E-state index is 0. The zero-order valence-electron chi connectivity index (χ0n) is 10.7. The standard InChI is InChI=1S/C14H24N2.HI/c1-3-7-13(8-4-1)11-15-12-16-14-9-5-2-6-10-14;/h13-14H,1-11H2;1H. The van der Waals surface area contributed by atoms with Crippen molar-refractivity contribution in [2.45, 2.75) is 70.3 Å². The third-order valence-electron chi connectivity index (χ3n) is 3.96. The van der Waals surface area contributed by atoms with Gasteiger partial charge in [0, 0.05) is 0 Å². The summed E-state index contributed by atoms with van der Waals surface area (Å²) in [5, 5.41) is 0. The number of aliphatic imine (C=N–C) groups is 2. The lowest BCUT2D eigenvalue weighted by atomic mass is 9.89. The second-order valence-corrected chi connectivity index (χ2v) is 5.37. The van der Waals surface area contributed by atoms with Crippen LogP contribution in [-0.4, -0.2) is 18.6 Å². The summed E-state index contributed by atoms with van der Waals surface area (Å²) >= 11 is 0. The Morgan fingerprint density at radius 3 is 2.06 bits per heavy atom. The van der Waals surface area contributed by atoms with Crippen molar-refractivity contribution in [3.8, 4) is 0 Å². The van der Waals surface area contributed by atoms with Crippen LogP contribution in [0.15, 0.2) is 9.98 Å². The molecule has 2 saturated carbocycles. The van der Waals surface area contributed by atoms with Gasteiger partial charge in [-0.15, -0.1) is 24.0 Å². The van der Waals surface area contributed by atoms with Gasteiger partial charge in [-0.1, -0.05) is 38.5 Å². The van der Waals surface area contributed by atoms with E-state index in [-0.39, 0.29) is 24.0 Å². The van der Waals surface area contributed by atoms with Crippen LogP contribution in [0.25, 0.3) is 0 Å². The molecule has 0 radical (unpaired) electrons. The maximum atomic E-state index is 4.45. The number of halogens is 1. The molecular formula is C14H25IN2. The molecule has 98 valence electrons. The van der Waals surface area contributed by atoms with Gasteiger partial charge in [-0.25, -0.2) is 9.98 Å². The molecule has 2 fully saturated rings. The molecule has 0 unspecified atom stereocenters. The van der Waals surface area contributed by atoms with E-state index in [2.05, 4.69) is 16.0 Å². The fraction of sp³-hybridized carbons (Fsp3) is 0.929. The summed E-state index contributed by atoms with van der Waals surface area (Å²) < 4.78 is 0. The highest BCUT2D eigenvalue weighted by molar-refractivity contribution is 14.0. The molecule has 2 aliphatic carbocycles. The zero-order valence-corrected chi connectivity index (χ0v) is 13.1. The first-order chi connectivity index (χ1) is 7.95. The normalized spacial score (nSPS) is 22.4. The van der Waals surface area contributed by atoms with Crippen LogP contribution in [0.2, 0.25) is 0 Å². The van der Waals surface area contributed by atoms with Gasteiger partial charge in [-0.2, -0.15) is 0 Å². The molecule has 2 aliphatic rings. The summed E-state index contributed by atoms with van der Waals surface area (Å²) in [5.74, 6) is 0.822. The Morgan fingerprint density at radius 1 is 0.824 bits per heavy atom. The molecule has 0 aliphatic heterocycles. The number of hydrogen-bond acceptors (Lipinski definition) is 2. The van der Waals surface area contributed by atoms with Crippen molar-refractivity contribution in [1.82, 2.24) is 0 Å². The van der Waals surface area contributed by atoms with Gasteiger partial charge in [0.2, 0.25) is 0 Å². The average Bonchev–Trinajstić information content (AvgIpc) is 2.37. The lowest BCUT2D eigenvalue weighted by molar-refractivity contribution is 0.367. The van der Waals surface area contributed by atoms with Crippen LogP contribution in [0.4, 0.5) is 0 Å². The summed E-state index contributed by atoms with van der Waals surface area (Å²) in [5.41, 5.74) is 0. The molecule has 2 nitrogen and oxygen atoms in total. The topological polar surface area (TPSA) is 24.7 Å². The fourth-order valence-electron chi connectivity index (χ4n) is 2.87. The smallest absolute Gasteiger partial charge is 0.0895 e. The van der Waals surface area contributed by atoms with Crippen molar-refractivity contribution in [1.29, 1.82) is 0 Å². The van der Waals surface area contributed by atoms with Gasteiger partial charge in [0.15, 0.2) is 0 Å². The van der Waals surface area contributed by atoms with Gasteiger partial charge >= 0.3 is 0 Å². The van der Waals surface area contributed by atoms with E-state index in [1.807, 2.05) is 0 Å².